The lowest BCUT2D eigenvalue weighted by atomic mass is 9.55. The van der Waals surface area contributed by atoms with E-state index in [0.29, 0.717) is 11.0 Å². The molecule has 2 N–H and O–H groups in total. The largest absolute Gasteiger partial charge is 0.329 e. The molecule has 2 saturated carbocycles. The van der Waals surface area contributed by atoms with E-state index in [1.807, 2.05) is 0 Å². The van der Waals surface area contributed by atoms with Crippen LogP contribution in [0.3, 0.4) is 0 Å². The molecule has 0 heterocycles. The summed E-state index contributed by atoms with van der Waals surface area (Å²) in [5.41, 5.74) is 6.71. The standard InChI is InChI=1S/C11H22N2/c1-10(2)6-7-11(10,8-12)13(3)9-4-5-9/h9H,4-8,12H2,1-3H3. The highest BCUT2D eigenvalue weighted by Crippen LogP contribution is 2.54. The Morgan fingerprint density at radius 1 is 1.31 bits per heavy atom. The summed E-state index contributed by atoms with van der Waals surface area (Å²) in [5.74, 6) is 0. The van der Waals surface area contributed by atoms with Crippen molar-refractivity contribution in [1.29, 1.82) is 0 Å². The van der Waals surface area contributed by atoms with E-state index >= 15 is 0 Å². The second-order valence-electron chi connectivity index (χ2n) is 5.46. The summed E-state index contributed by atoms with van der Waals surface area (Å²) in [5, 5.41) is 0. The SMILES string of the molecule is CN(C1CC1)C1(CN)CCC1(C)C. The molecule has 0 bridgehead atoms. The first-order valence-electron chi connectivity index (χ1n) is 5.46. The van der Waals surface area contributed by atoms with Crippen LogP contribution in [0.2, 0.25) is 0 Å². The molecular weight excluding hydrogens is 160 g/mol. The number of hydrogen-bond donors (Lipinski definition) is 1. The second kappa shape index (κ2) is 2.71. The van der Waals surface area contributed by atoms with Gasteiger partial charge >= 0.3 is 0 Å². The number of nitrogens with two attached hydrogens (primary N) is 1. The molecular formula is C11H22N2. The van der Waals surface area contributed by atoms with E-state index in [1.165, 1.54) is 25.7 Å². The first kappa shape index (κ1) is 9.47. The number of likely N-dealkylation sites (N-methyl/N-ethyl adjacent to an activating group) is 1. The second-order valence-corrected chi connectivity index (χ2v) is 5.46. The zero-order valence-corrected chi connectivity index (χ0v) is 9.14. The molecule has 2 aliphatic rings. The van der Waals surface area contributed by atoms with Crippen molar-refractivity contribution in [3.05, 3.63) is 0 Å². The van der Waals surface area contributed by atoms with E-state index in [9.17, 15) is 0 Å². The fourth-order valence-electron chi connectivity index (χ4n) is 2.90. The van der Waals surface area contributed by atoms with Gasteiger partial charge in [0.15, 0.2) is 0 Å². The number of rotatable bonds is 3. The summed E-state index contributed by atoms with van der Waals surface area (Å²) in [7, 11) is 2.27. The number of hydrogen-bond acceptors (Lipinski definition) is 2. The van der Waals surface area contributed by atoms with E-state index in [0.717, 1.165) is 12.6 Å². The molecule has 13 heavy (non-hydrogen) atoms. The number of nitrogens with zero attached hydrogens (tertiary/aromatic N) is 1. The molecule has 2 nitrogen and oxygen atoms in total. The molecule has 0 saturated heterocycles. The van der Waals surface area contributed by atoms with Crippen LogP contribution in [0.5, 0.6) is 0 Å². The third-order valence-corrected chi connectivity index (χ3v) is 4.53. The smallest absolute Gasteiger partial charge is 0.0382 e. The lowest BCUT2D eigenvalue weighted by Gasteiger charge is -2.60. The lowest BCUT2D eigenvalue weighted by molar-refractivity contribution is -0.0857. The van der Waals surface area contributed by atoms with E-state index < -0.39 is 0 Å². The predicted molar refractivity (Wildman–Crippen MR) is 55.6 cm³/mol. The monoisotopic (exact) mass is 182 g/mol. The molecule has 0 spiro atoms. The van der Waals surface area contributed by atoms with Crippen molar-refractivity contribution < 1.29 is 0 Å². The van der Waals surface area contributed by atoms with Gasteiger partial charge in [-0.3, -0.25) is 4.90 Å². The summed E-state index contributed by atoms with van der Waals surface area (Å²) in [6.07, 6.45) is 5.40. The fourth-order valence-corrected chi connectivity index (χ4v) is 2.90. The van der Waals surface area contributed by atoms with E-state index in [2.05, 4.69) is 25.8 Å². The van der Waals surface area contributed by atoms with Crippen molar-refractivity contribution in [3.8, 4) is 0 Å². The topological polar surface area (TPSA) is 29.3 Å². The van der Waals surface area contributed by atoms with Gasteiger partial charge in [0.25, 0.3) is 0 Å². The summed E-state index contributed by atoms with van der Waals surface area (Å²) < 4.78 is 0. The van der Waals surface area contributed by atoms with Crippen molar-refractivity contribution in [1.82, 2.24) is 4.90 Å². The molecule has 2 rings (SSSR count). The van der Waals surface area contributed by atoms with Crippen LogP contribution in [0.15, 0.2) is 0 Å². The van der Waals surface area contributed by atoms with Gasteiger partial charge < -0.3 is 5.73 Å². The minimum absolute atomic E-state index is 0.314. The molecule has 1 unspecified atom stereocenters. The van der Waals surface area contributed by atoms with Crippen LogP contribution in [0.1, 0.15) is 39.5 Å². The first-order valence-corrected chi connectivity index (χ1v) is 5.46. The van der Waals surface area contributed by atoms with Gasteiger partial charge in [-0.25, -0.2) is 0 Å². The molecule has 0 aromatic rings. The van der Waals surface area contributed by atoms with Crippen molar-refractivity contribution in [2.45, 2.75) is 51.1 Å². The van der Waals surface area contributed by atoms with Gasteiger partial charge in [0.05, 0.1) is 0 Å². The Bertz CT molecular complexity index is 204. The average molecular weight is 182 g/mol. The van der Waals surface area contributed by atoms with Crippen molar-refractivity contribution in [2.75, 3.05) is 13.6 Å². The summed E-state index contributed by atoms with van der Waals surface area (Å²) in [6, 6.07) is 0.836. The molecule has 0 amide bonds. The van der Waals surface area contributed by atoms with Crippen LogP contribution in [-0.4, -0.2) is 30.1 Å². The van der Waals surface area contributed by atoms with Crippen LogP contribution in [0.4, 0.5) is 0 Å². The summed E-state index contributed by atoms with van der Waals surface area (Å²) >= 11 is 0. The Morgan fingerprint density at radius 2 is 1.92 bits per heavy atom. The molecule has 0 aromatic carbocycles. The van der Waals surface area contributed by atoms with E-state index in [4.69, 9.17) is 5.73 Å². The molecule has 76 valence electrons. The maximum Gasteiger partial charge on any atom is 0.0382 e. The summed E-state index contributed by atoms with van der Waals surface area (Å²) in [4.78, 5) is 2.57. The average Bonchev–Trinajstić information content (AvgIpc) is 2.86. The molecule has 2 aliphatic carbocycles. The molecule has 0 aromatic heterocycles. The Kier molecular flexibility index (Phi) is 1.97. The maximum absolute atomic E-state index is 5.97. The molecule has 0 radical (unpaired) electrons. The molecule has 2 heteroatoms. The Balaban J connectivity index is 2.14. The summed E-state index contributed by atoms with van der Waals surface area (Å²) in [6.45, 7) is 5.55. The maximum atomic E-state index is 5.97. The van der Waals surface area contributed by atoms with Gasteiger partial charge in [-0.2, -0.15) is 0 Å². The zero-order valence-electron chi connectivity index (χ0n) is 9.14. The normalized spacial score (nSPS) is 37.6. The van der Waals surface area contributed by atoms with Gasteiger partial charge in [0.2, 0.25) is 0 Å². The van der Waals surface area contributed by atoms with E-state index in [1.54, 1.807) is 0 Å². The third-order valence-electron chi connectivity index (χ3n) is 4.53. The van der Waals surface area contributed by atoms with Crippen molar-refractivity contribution >= 4 is 0 Å². The van der Waals surface area contributed by atoms with Gasteiger partial charge in [-0.1, -0.05) is 13.8 Å². The minimum atomic E-state index is 0.314. The third kappa shape index (κ3) is 1.15. The van der Waals surface area contributed by atoms with Crippen LogP contribution >= 0.6 is 0 Å². The highest BCUT2D eigenvalue weighted by molar-refractivity contribution is 5.12. The highest BCUT2D eigenvalue weighted by atomic mass is 15.3. The van der Waals surface area contributed by atoms with Gasteiger partial charge in [0.1, 0.15) is 0 Å². The van der Waals surface area contributed by atoms with Crippen LogP contribution in [-0.2, 0) is 0 Å². The lowest BCUT2D eigenvalue weighted by Crippen LogP contribution is -2.68. The first-order chi connectivity index (χ1) is 6.03. The van der Waals surface area contributed by atoms with Crippen LogP contribution in [0, 0.1) is 5.41 Å². The van der Waals surface area contributed by atoms with Crippen LogP contribution in [0.25, 0.3) is 0 Å². The predicted octanol–water partition coefficient (Wildman–Crippen LogP) is 1.60. The zero-order chi connectivity index (χ0) is 9.69. The molecule has 2 fully saturated rings. The Hall–Kier alpha value is -0.0800. The Labute approximate surface area is 81.5 Å². The minimum Gasteiger partial charge on any atom is -0.329 e. The van der Waals surface area contributed by atoms with Gasteiger partial charge in [0, 0.05) is 18.1 Å². The van der Waals surface area contributed by atoms with E-state index in [-0.39, 0.29) is 0 Å². The highest BCUT2D eigenvalue weighted by Gasteiger charge is 2.56. The van der Waals surface area contributed by atoms with Crippen molar-refractivity contribution in [2.24, 2.45) is 11.1 Å². The van der Waals surface area contributed by atoms with Crippen LogP contribution < -0.4 is 5.73 Å². The molecule has 0 aliphatic heterocycles. The quantitative estimate of drug-likeness (QED) is 0.718. The molecule has 1 atom stereocenters. The van der Waals surface area contributed by atoms with Gasteiger partial charge in [-0.15, -0.1) is 0 Å². The fraction of sp³-hybridized carbons (Fsp3) is 1.00. The van der Waals surface area contributed by atoms with Crippen molar-refractivity contribution in [3.63, 3.8) is 0 Å². The van der Waals surface area contributed by atoms with Gasteiger partial charge in [-0.05, 0) is 38.1 Å². The Morgan fingerprint density at radius 3 is 2.15 bits per heavy atom.